The van der Waals surface area contributed by atoms with Gasteiger partial charge >= 0.3 is 0 Å². The zero-order valence-corrected chi connectivity index (χ0v) is 13.5. The zero-order valence-electron chi connectivity index (χ0n) is 10.6. The summed E-state index contributed by atoms with van der Waals surface area (Å²) in [5.74, 6) is -0.187. The third kappa shape index (κ3) is 3.27. The molecule has 0 aliphatic rings. The molecule has 0 saturated carbocycles. The first-order valence-electron chi connectivity index (χ1n) is 5.80. The summed E-state index contributed by atoms with van der Waals surface area (Å²) >= 11 is 8.27. The molecule has 1 amide bonds. The lowest BCUT2D eigenvalue weighted by Crippen LogP contribution is -2.13. The summed E-state index contributed by atoms with van der Waals surface area (Å²) < 4.78 is 2.67. The predicted molar refractivity (Wildman–Crippen MR) is 84.7 cm³/mol. The molecular formula is C13H13ClIN3O. The molecule has 0 fully saturated rings. The van der Waals surface area contributed by atoms with Crippen LogP contribution in [0.2, 0.25) is 5.02 Å². The van der Waals surface area contributed by atoms with E-state index in [0.29, 0.717) is 22.7 Å². The van der Waals surface area contributed by atoms with Crippen molar-refractivity contribution in [1.29, 1.82) is 0 Å². The van der Waals surface area contributed by atoms with Gasteiger partial charge < -0.3 is 5.32 Å². The molecule has 0 aliphatic carbocycles. The summed E-state index contributed by atoms with van der Waals surface area (Å²) in [5, 5.41) is 7.59. The van der Waals surface area contributed by atoms with Crippen molar-refractivity contribution < 1.29 is 4.79 Å². The van der Waals surface area contributed by atoms with Crippen LogP contribution in [0.5, 0.6) is 0 Å². The third-order valence-electron chi connectivity index (χ3n) is 2.66. The highest BCUT2D eigenvalue weighted by molar-refractivity contribution is 14.1. The van der Waals surface area contributed by atoms with Gasteiger partial charge in [-0.3, -0.25) is 9.48 Å². The first-order chi connectivity index (χ1) is 9.01. The van der Waals surface area contributed by atoms with Crippen LogP contribution in [0.25, 0.3) is 0 Å². The first-order valence-corrected chi connectivity index (χ1v) is 7.26. The smallest absolute Gasteiger partial charge is 0.259 e. The molecule has 0 saturated heterocycles. The number of nitrogens with one attached hydrogen (secondary N) is 1. The van der Waals surface area contributed by atoms with Gasteiger partial charge in [0, 0.05) is 16.8 Å². The fraction of sp³-hybridized carbons (Fsp3) is 0.231. The monoisotopic (exact) mass is 389 g/mol. The van der Waals surface area contributed by atoms with Crippen LogP contribution >= 0.6 is 34.2 Å². The summed E-state index contributed by atoms with van der Waals surface area (Å²) in [6.07, 6.45) is 2.43. The van der Waals surface area contributed by atoms with Gasteiger partial charge in [-0.05, 0) is 47.2 Å². The van der Waals surface area contributed by atoms with E-state index in [0.717, 1.165) is 9.26 Å². The number of halogens is 2. The molecule has 0 bridgehead atoms. The average molecular weight is 390 g/mol. The van der Waals surface area contributed by atoms with Gasteiger partial charge in [0.25, 0.3) is 5.91 Å². The Bertz CT molecular complexity index is 624. The Kier molecular flexibility index (Phi) is 4.46. The second kappa shape index (κ2) is 5.92. The summed E-state index contributed by atoms with van der Waals surface area (Å²) in [6, 6.07) is 5.50. The van der Waals surface area contributed by atoms with Gasteiger partial charge in [0.15, 0.2) is 0 Å². The van der Waals surface area contributed by atoms with Crippen LogP contribution in [-0.2, 0) is 13.5 Å². The number of aromatic nitrogens is 2. The lowest BCUT2D eigenvalue weighted by atomic mass is 10.2. The van der Waals surface area contributed by atoms with Crippen molar-refractivity contribution in [2.24, 2.45) is 7.05 Å². The van der Waals surface area contributed by atoms with Gasteiger partial charge in [0.2, 0.25) is 0 Å². The number of anilines is 1. The number of rotatable bonds is 3. The minimum absolute atomic E-state index is 0.187. The maximum atomic E-state index is 12.2. The van der Waals surface area contributed by atoms with E-state index in [1.54, 1.807) is 24.0 Å². The molecule has 2 rings (SSSR count). The number of aryl methyl sites for hydroxylation is 2. The number of carbonyl (C=O) groups excluding carboxylic acids is 1. The molecule has 1 aromatic heterocycles. The van der Waals surface area contributed by atoms with Crippen molar-refractivity contribution in [2.45, 2.75) is 13.3 Å². The zero-order chi connectivity index (χ0) is 14.0. The standard InChI is InChI=1S/C13H13ClIN3O/c1-3-11-9(7-18(2)17-11)13(19)16-12-5-4-8(15)6-10(12)14/h4-7H,3H2,1-2H3,(H,16,19). The number of hydrogen-bond donors (Lipinski definition) is 1. The van der Waals surface area contributed by atoms with Gasteiger partial charge in [0.1, 0.15) is 0 Å². The van der Waals surface area contributed by atoms with Crippen LogP contribution in [0.1, 0.15) is 23.0 Å². The highest BCUT2D eigenvalue weighted by atomic mass is 127. The molecule has 1 aromatic carbocycles. The number of carbonyl (C=O) groups is 1. The van der Waals surface area contributed by atoms with Gasteiger partial charge in [-0.15, -0.1) is 0 Å². The maximum Gasteiger partial charge on any atom is 0.259 e. The van der Waals surface area contributed by atoms with Crippen LogP contribution in [0, 0.1) is 3.57 Å². The summed E-state index contributed by atoms with van der Waals surface area (Å²) in [4.78, 5) is 12.2. The van der Waals surface area contributed by atoms with Crippen LogP contribution in [0.3, 0.4) is 0 Å². The molecule has 100 valence electrons. The van der Waals surface area contributed by atoms with Gasteiger partial charge in [0.05, 0.1) is 22.0 Å². The van der Waals surface area contributed by atoms with Crippen LogP contribution in [0.15, 0.2) is 24.4 Å². The van der Waals surface area contributed by atoms with Gasteiger partial charge in [-0.25, -0.2) is 0 Å². The van der Waals surface area contributed by atoms with Crippen molar-refractivity contribution in [3.63, 3.8) is 0 Å². The van der Waals surface area contributed by atoms with Gasteiger partial charge in [-0.2, -0.15) is 5.10 Å². The Hall–Kier alpha value is -1.08. The predicted octanol–water partition coefficient (Wildman–Crippen LogP) is 3.49. The molecule has 0 aliphatic heterocycles. The molecule has 6 heteroatoms. The molecule has 0 spiro atoms. The van der Waals surface area contributed by atoms with E-state index < -0.39 is 0 Å². The minimum atomic E-state index is -0.187. The second-order valence-corrected chi connectivity index (χ2v) is 5.75. The Morgan fingerprint density at radius 3 is 2.89 bits per heavy atom. The van der Waals surface area contributed by atoms with Crippen molar-refractivity contribution in [3.05, 3.63) is 44.2 Å². The van der Waals surface area contributed by atoms with E-state index in [9.17, 15) is 4.79 Å². The Balaban J connectivity index is 2.25. The summed E-state index contributed by atoms with van der Waals surface area (Å²) in [5.41, 5.74) is 1.97. The van der Waals surface area contributed by atoms with E-state index in [2.05, 4.69) is 33.0 Å². The van der Waals surface area contributed by atoms with Crippen molar-refractivity contribution >= 4 is 45.8 Å². The van der Waals surface area contributed by atoms with Crippen LogP contribution < -0.4 is 5.32 Å². The Morgan fingerprint density at radius 2 is 2.26 bits per heavy atom. The molecule has 0 unspecified atom stereocenters. The topological polar surface area (TPSA) is 46.9 Å². The van der Waals surface area contributed by atoms with E-state index >= 15 is 0 Å². The quantitative estimate of drug-likeness (QED) is 0.817. The SMILES string of the molecule is CCc1nn(C)cc1C(=O)Nc1ccc(I)cc1Cl. The van der Waals surface area contributed by atoms with Crippen LogP contribution in [0.4, 0.5) is 5.69 Å². The number of nitrogens with zero attached hydrogens (tertiary/aromatic N) is 2. The molecule has 1 heterocycles. The fourth-order valence-electron chi connectivity index (χ4n) is 1.77. The maximum absolute atomic E-state index is 12.2. The highest BCUT2D eigenvalue weighted by Gasteiger charge is 2.15. The van der Waals surface area contributed by atoms with E-state index in [1.165, 1.54) is 0 Å². The minimum Gasteiger partial charge on any atom is -0.321 e. The first kappa shape index (κ1) is 14.3. The molecular weight excluding hydrogens is 377 g/mol. The van der Waals surface area contributed by atoms with E-state index in [-0.39, 0.29) is 5.91 Å². The molecule has 1 N–H and O–H groups in total. The molecule has 2 aromatic rings. The normalized spacial score (nSPS) is 10.5. The largest absolute Gasteiger partial charge is 0.321 e. The average Bonchev–Trinajstić information content (AvgIpc) is 2.74. The third-order valence-corrected chi connectivity index (χ3v) is 3.65. The lowest BCUT2D eigenvalue weighted by Gasteiger charge is -2.07. The van der Waals surface area contributed by atoms with Crippen molar-refractivity contribution in [2.75, 3.05) is 5.32 Å². The number of amides is 1. The Labute approximate surface area is 130 Å². The van der Waals surface area contributed by atoms with Crippen molar-refractivity contribution in [3.8, 4) is 0 Å². The molecule has 0 radical (unpaired) electrons. The van der Waals surface area contributed by atoms with E-state index in [1.807, 2.05) is 19.1 Å². The number of benzene rings is 1. The summed E-state index contributed by atoms with van der Waals surface area (Å²) in [7, 11) is 1.80. The highest BCUT2D eigenvalue weighted by Crippen LogP contribution is 2.24. The molecule has 0 atom stereocenters. The van der Waals surface area contributed by atoms with Crippen molar-refractivity contribution in [1.82, 2.24) is 9.78 Å². The fourth-order valence-corrected chi connectivity index (χ4v) is 2.67. The lowest BCUT2D eigenvalue weighted by molar-refractivity contribution is 0.102. The van der Waals surface area contributed by atoms with E-state index in [4.69, 9.17) is 11.6 Å². The number of hydrogen-bond acceptors (Lipinski definition) is 2. The second-order valence-electron chi connectivity index (χ2n) is 4.09. The molecule has 4 nitrogen and oxygen atoms in total. The molecule has 19 heavy (non-hydrogen) atoms. The van der Waals surface area contributed by atoms with Gasteiger partial charge in [-0.1, -0.05) is 18.5 Å². The Morgan fingerprint density at radius 1 is 1.53 bits per heavy atom. The van der Waals surface area contributed by atoms with Crippen LogP contribution in [-0.4, -0.2) is 15.7 Å². The summed E-state index contributed by atoms with van der Waals surface area (Å²) in [6.45, 7) is 1.97.